The second-order valence-corrected chi connectivity index (χ2v) is 4.47. The number of rotatable bonds is 9. The van der Waals surface area contributed by atoms with Crippen LogP contribution in [0.5, 0.6) is 0 Å². The van der Waals surface area contributed by atoms with Gasteiger partial charge in [-0.05, 0) is 13.8 Å². The van der Waals surface area contributed by atoms with Crippen molar-refractivity contribution in [1.29, 1.82) is 0 Å². The van der Waals surface area contributed by atoms with E-state index in [0.717, 1.165) is 0 Å². The Bertz CT molecular complexity index is 493. The van der Waals surface area contributed by atoms with Crippen molar-refractivity contribution in [2.24, 2.45) is 0 Å². The van der Waals surface area contributed by atoms with E-state index in [9.17, 15) is 35.9 Å². The second kappa shape index (κ2) is 10.6. The van der Waals surface area contributed by atoms with E-state index in [-0.39, 0.29) is 25.4 Å². The molecule has 0 aliphatic rings. The SMILES string of the molecule is CCOC(=O)/C=C(\NCCN/C(=C\C(=O)OCC)C(F)(F)F)C(F)(F)F. The van der Waals surface area contributed by atoms with E-state index >= 15 is 0 Å². The zero-order valence-electron chi connectivity index (χ0n) is 13.9. The molecular weight excluding hydrogens is 374 g/mol. The highest BCUT2D eigenvalue weighted by Crippen LogP contribution is 2.24. The first-order valence-electron chi connectivity index (χ1n) is 7.30. The number of carbonyl (C=O) groups excluding carboxylic acids is 2. The third-order valence-electron chi connectivity index (χ3n) is 2.46. The molecule has 0 rings (SSSR count). The van der Waals surface area contributed by atoms with Crippen molar-refractivity contribution in [3.63, 3.8) is 0 Å². The smallest absolute Gasteiger partial charge is 0.431 e. The third kappa shape index (κ3) is 9.79. The van der Waals surface area contributed by atoms with Gasteiger partial charge in [0.25, 0.3) is 0 Å². The average molecular weight is 392 g/mol. The van der Waals surface area contributed by atoms with Gasteiger partial charge in [0.2, 0.25) is 0 Å². The zero-order valence-corrected chi connectivity index (χ0v) is 13.9. The lowest BCUT2D eigenvalue weighted by molar-refractivity contribution is -0.139. The van der Waals surface area contributed by atoms with Crippen LogP contribution < -0.4 is 10.6 Å². The predicted molar refractivity (Wildman–Crippen MR) is 77.5 cm³/mol. The van der Waals surface area contributed by atoms with Gasteiger partial charge in [0.1, 0.15) is 11.4 Å². The summed E-state index contributed by atoms with van der Waals surface area (Å²) in [6.07, 6.45) is -9.55. The van der Waals surface area contributed by atoms with Crippen molar-refractivity contribution in [3.8, 4) is 0 Å². The molecule has 0 spiro atoms. The average Bonchev–Trinajstić information content (AvgIpc) is 2.47. The number of halogens is 6. The highest BCUT2D eigenvalue weighted by Gasteiger charge is 2.36. The Morgan fingerprint density at radius 3 is 1.31 bits per heavy atom. The van der Waals surface area contributed by atoms with Crippen LogP contribution in [0.1, 0.15) is 13.8 Å². The summed E-state index contributed by atoms with van der Waals surface area (Å²) in [7, 11) is 0. The Kier molecular flexibility index (Phi) is 9.58. The molecule has 0 saturated heterocycles. The van der Waals surface area contributed by atoms with Crippen LogP contribution in [0.4, 0.5) is 26.3 Å². The van der Waals surface area contributed by atoms with Gasteiger partial charge in [0.05, 0.1) is 25.4 Å². The topological polar surface area (TPSA) is 76.7 Å². The first kappa shape index (κ1) is 23.6. The van der Waals surface area contributed by atoms with Crippen LogP contribution in [0.2, 0.25) is 0 Å². The Hall–Kier alpha value is -2.40. The molecule has 0 radical (unpaired) electrons. The molecule has 0 aromatic rings. The van der Waals surface area contributed by atoms with Crippen LogP contribution in [0, 0.1) is 0 Å². The fraction of sp³-hybridized carbons (Fsp3) is 0.571. The standard InChI is InChI=1S/C14H18F6N2O4/c1-3-25-11(23)7-9(13(15,16)17)21-5-6-22-10(14(18,19)20)8-12(24)26-4-2/h7-8,21-22H,3-6H2,1-2H3/b9-7-,10-8-. The summed E-state index contributed by atoms with van der Waals surface area (Å²) in [5.74, 6) is -2.50. The molecule has 150 valence electrons. The van der Waals surface area contributed by atoms with Gasteiger partial charge < -0.3 is 20.1 Å². The Morgan fingerprint density at radius 2 is 1.08 bits per heavy atom. The summed E-state index contributed by atoms with van der Waals surface area (Å²) in [6.45, 7) is 1.25. The lowest BCUT2D eigenvalue weighted by atomic mass is 10.3. The molecule has 26 heavy (non-hydrogen) atoms. The van der Waals surface area contributed by atoms with E-state index < -0.39 is 48.8 Å². The molecule has 0 bridgehead atoms. The van der Waals surface area contributed by atoms with Crippen molar-refractivity contribution < 1.29 is 45.4 Å². The lowest BCUT2D eigenvalue weighted by Gasteiger charge is -2.17. The van der Waals surface area contributed by atoms with Crippen molar-refractivity contribution in [1.82, 2.24) is 10.6 Å². The van der Waals surface area contributed by atoms with E-state index in [1.165, 1.54) is 13.8 Å². The zero-order chi connectivity index (χ0) is 20.4. The van der Waals surface area contributed by atoms with E-state index in [1.54, 1.807) is 10.6 Å². The fourth-order valence-electron chi connectivity index (χ4n) is 1.46. The molecule has 0 aromatic heterocycles. The van der Waals surface area contributed by atoms with Crippen LogP contribution in [0.3, 0.4) is 0 Å². The summed E-state index contributed by atoms with van der Waals surface area (Å²) in [5, 5.41) is 3.59. The highest BCUT2D eigenvalue weighted by atomic mass is 19.4. The van der Waals surface area contributed by atoms with Crippen LogP contribution in [0.15, 0.2) is 23.5 Å². The largest absolute Gasteiger partial charge is 0.463 e. The summed E-state index contributed by atoms with van der Waals surface area (Å²) >= 11 is 0. The molecule has 0 aliphatic carbocycles. The number of carbonyl (C=O) groups is 2. The summed E-state index contributed by atoms with van der Waals surface area (Å²) in [6, 6.07) is 0. The van der Waals surface area contributed by atoms with Crippen molar-refractivity contribution in [2.75, 3.05) is 26.3 Å². The third-order valence-corrected chi connectivity index (χ3v) is 2.46. The maximum absolute atomic E-state index is 12.7. The minimum Gasteiger partial charge on any atom is -0.463 e. The molecular formula is C14H18F6N2O4. The lowest BCUT2D eigenvalue weighted by Crippen LogP contribution is -2.35. The van der Waals surface area contributed by atoms with Gasteiger partial charge in [0, 0.05) is 13.1 Å². The molecule has 6 nitrogen and oxygen atoms in total. The van der Waals surface area contributed by atoms with Gasteiger partial charge in [-0.2, -0.15) is 26.3 Å². The first-order valence-corrected chi connectivity index (χ1v) is 7.30. The van der Waals surface area contributed by atoms with Gasteiger partial charge in [0.15, 0.2) is 0 Å². The van der Waals surface area contributed by atoms with E-state index in [2.05, 4.69) is 9.47 Å². The summed E-state index contributed by atoms with van der Waals surface area (Å²) < 4.78 is 85.1. The first-order chi connectivity index (χ1) is 11.9. The maximum atomic E-state index is 12.7. The van der Waals surface area contributed by atoms with Crippen LogP contribution >= 0.6 is 0 Å². The minimum atomic E-state index is -4.93. The van der Waals surface area contributed by atoms with Gasteiger partial charge >= 0.3 is 24.3 Å². The van der Waals surface area contributed by atoms with E-state index in [4.69, 9.17) is 0 Å². The van der Waals surface area contributed by atoms with Gasteiger partial charge in [-0.25, -0.2) is 9.59 Å². The van der Waals surface area contributed by atoms with Crippen LogP contribution in [0.25, 0.3) is 0 Å². The molecule has 12 heteroatoms. The second-order valence-electron chi connectivity index (χ2n) is 4.47. The van der Waals surface area contributed by atoms with Crippen molar-refractivity contribution in [3.05, 3.63) is 23.5 Å². The molecule has 0 unspecified atom stereocenters. The van der Waals surface area contributed by atoms with Crippen molar-refractivity contribution in [2.45, 2.75) is 26.2 Å². The number of nitrogens with one attached hydrogen (secondary N) is 2. The maximum Gasteiger partial charge on any atom is 0.431 e. The fourth-order valence-corrected chi connectivity index (χ4v) is 1.46. The normalized spacial score (nSPS) is 13.2. The molecule has 0 atom stereocenters. The molecule has 0 saturated carbocycles. The molecule has 0 amide bonds. The van der Waals surface area contributed by atoms with Crippen LogP contribution in [-0.4, -0.2) is 50.6 Å². The minimum absolute atomic E-state index is 0.143. The number of alkyl halides is 6. The predicted octanol–water partition coefficient (Wildman–Crippen LogP) is 2.18. The van der Waals surface area contributed by atoms with Gasteiger partial charge in [-0.15, -0.1) is 0 Å². The van der Waals surface area contributed by atoms with Crippen molar-refractivity contribution >= 4 is 11.9 Å². The monoisotopic (exact) mass is 392 g/mol. The van der Waals surface area contributed by atoms with E-state index in [1.807, 2.05) is 0 Å². The Balaban J connectivity index is 4.88. The molecule has 0 aromatic carbocycles. The number of hydrogen-bond acceptors (Lipinski definition) is 6. The number of ether oxygens (including phenoxy) is 2. The molecule has 2 N–H and O–H groups in total. The van der Waals surface area contributed by atoms with Gasteiger partial charge in [-0.1, -0.05) is 0 Å². The molecule has 0 aliphatic heterocycles. The van der Waals surface area contributed by atoms with Gasteiger partial charge in [-0.3, -0.25) is 0 Å². The quantitative estimate of drug-likeness (QED) is 0.271. The number of esters is 2. The molecule has 0 heterocycles. The highest BCUT2D eigenvalue weighted by molar-refractivity contribution is 5.83. The molecule has 0 fully saturated rings. The Labute approximate surface area is 145 Å². The van der Waals surface area contributed by atoms with Crippen LogP contribution in [-0.2, 0) is 19.1 Å². The Morgan fingerprint density at radius 1 is 0.769 bits per heavy atom. The summed E-state index contributed by atoms with van der Waals surface area (Å²) in [5.41, 5.74) is -2.94. The summed E-state index contributed by atoms with van der Waals surface area (Å²) in [4.78, 5) is 22.2. The van der Waals surface area contributed by atoms with E-state index in [0.29, 0.717) is 0 Å². The number of allylic oxidation sites excluding steroid dienone is 2. The number of hydrogen-bond donors (Lipinski definition) is 2.